The van der Waals surface area contributed by atoms with Gasteiger partial charge in [0.2, 0.25) is 26.6 Å². The fourth-order valence-corrected chi connectivity index (χ4v) is 4.21. The number of aromatic nitrogens is 1. The minimum Gasteiger partial charge on any atom is -0.486 e. The number of halogens is 1. The molecule has 9 heteroatoms. The summed E-state index contributed by atoms with van der Waals surface area (Å²) in [5.74, 6) is 0.809. The number of nitrogens with zero attached hydrogens (tertiary/aromatic N) is 1. The largest absolute Gasteiger partial charge is 0.486 e. The second kappa shape index (κ2) is 7.98. The maximum absolute atomic E-state index is 13.4. The van der Waals surface area contributed by atoms with E-state index in [9.17, 15) is 12.8 Å². The number of nitrogens with one attached hydrogen (secondary N) is 1. The zero-order valence-electron chi connectivity index (χ0n) is 16.5. The third kappa shape index (κ3) is 3.97. The van der Waals surface area contributed by atoms with Crippen molar-refractivity contribution >= 4 is 15.7 Å². The molecule has 158 valence electrons. The lowest BCUT2D eigenvalue weighted by molar-refractivity contribution is 0.171. The molecule has 2 aromatic carbocycles. The van der Waals surface area contributed by atoms with E-state index < -0.39 is 15.7 Å². The van der Waals surface area contributed by atoms with Crippen LogP contribution in [0.5, 0.6) is 11.5 Å². The Kier molecular flexibility index (Phi) is 5.38. The van der Waals surface area contributed by atoms with Gasteiger partial charge >= 0.3 is 0 Å². The predicted octanol–water partition coefficient (Wildman–Crippen LogP) is 4.15. The summed E-state index contributed by atoms with van der Waals surface area (Å²) in [5, 5.41) is 2.78. The summed E-state index contributed by atoms with van der Waals surface area (Å²) in [6.45, 7) is 5.21. The fourth-order valence-electron chi connectivity index (χ4n) is 2.92. The van der Waals surface area contributed by atoms with Crippen LogP contribution in [0.25, 0.3) is 11.5 Å². The molecular formula is C21H21FN2O5S. The van der Waals surface area contributed by atoms with Gasteiger partial charge in [-0.2, -0.15) is 4.98 Å². The molecule has 0 amide bonds. The summed E-state index contributed by atoms with van der Waals surface area (Å²) in [4.78, 5) is 4.25. The highest BCUT2D eigenvalue weighted by atomic mass is 32.2. The van der Waals surface area contributed by atoms with E-state index in [0.29, 0.717) is 36.8 Å². The number of rotatable bonds is 6. The Labute approximate surface area is 173 Å². The maximum Gasteiger partial charge on any atom is 0.233 e. The molecule has 0 unspecified atom stereocenters. The zero-order valence-corrected chi connectivity index (χ0v) is 17.3. The SMILES string of the molecule is CC(C)CNc1oc(-c2ccc(F)cc2)nc1S(=O)(=O)c1ccc2c(c1)OCCO2. The molecule has 0 radical (unpaired) electrons. The van der Waals surface area contributed by atoms with Crippen LogP contribution in [0, 0.1) is 11.7 Å². The molecule has 30 heavy (non-hydrogen) atoms. The topological polar surface area (TPSA) is 90.7 Å². The second-order valence-corrected chi connectivity index (χ2v) is 9.11. The lowest BCUT2D eigenvalue weighted by Gasteiger charge is -2.18. The van der Waals surface area contributed by atoms with Crippen LogP contribution in [0.2, 0.25) is 0 Å². The molecule has 0 bridgehead atoms. The summed E-state index contributed by atoms with van der Waals surface area (Å²) in [7, 11) is -4.02. The minimum atomic E-state index is -4.02. The normalized spacial score (nSPS) is 13.5. The molecule has 2 heterocycles. The first-order valence-corrected chi connectivity index (χ1v) is 11.0. The Morgan fingerprint density at radius 3 is 2.47 bits per heavy atom. The lowest BCUT2D eigenvalue weighted by atomic mass is 10.2. The molecule has 4 rings (SSSR count). The van der Waals surface area contributed by atoms with E-state index >= 15 is 0 Å². The third-order valence-electron chi connectivity index (χ3n) is 4.44. The Morgan fingerprint density at radius 1 is 1.07 bits per heavy atom. The molecule has 0 atom stereocenters. The van der Waals surface area contributed by atoms with Crippen molar-refractivity contribution in [2.75, 3.05) is 25.1 Å². The van der Waals surface area contributed by atoms with Gasteiger partial charge in [-0.15, -0.1) is 0 Å². The zero-order chi connectivity index (χ0) is 21.3. The van der Waals surface area contributed by atoms with Gasteiger partial charge in [-0.05, 0) is 42.3 Å². The van der Waals surface area contributed by atoms with Crippen LogP contribution in [0.15, 0.2) is 56.8 Å². The van der Waals surface area contributed by atoms with Gasteiger partial charge < -0.3 is 19.2 Å². The number of oxazole rings is 1. The number of hydrogen-bond donors (Lipinski definition) is 1. The van der Waals surface area contributed by atoms with Crippen molar-refractivity contribution in [1.29, 1.82) is 0 Å². The van der Waals surface area contributed by atoms with Crippen LogP contribution in [0.4, 0.5) is 10.3 Å². The van der Waals surface area contributed by atoms with Gasteiger partial charge in [0, 0.05) is 18.2 Å². The molecule has 1 aliphatic rings. The van der Waals surface area contributed by atoms with Crippen molar-refractivity contribution in [3.05, 3.63) is 48.3 Å². The van der Waals surface area contributed by atoms with Crippen LogP contribution in [0.3, 0.4) is 0 Å². The molecule has 0 saturated carbocycles. The molecule has 0 saturated heterocycles. The lowest BCUT2D eigenvalue weighted by Crippen LogP contribution is -2.16. The smallest absolute Gasteiger partial charge is 0.233 e. The number of fused-ring (bicyclic) bond motifs is 1. The summed E-state index contributed by atoms with van der Waals surface area (Å²) in [6, 6.07) is 9.90. The summed E-state index contributed by atoms with van der Waals surface area (Å²) < 4.78 is 56.7. The monoisotopic (exact) mass is 432 g/mol. The molecular weight excluding hydrogens is 411 g/mol. The van der Waals surface area contributed by atoms with Crippen molar-refractivity contribution in [1.82, 2.24) is 4.98 Å². The minimum absolute atomic E-state index is 0.0123. The highest BCUT2D eigenvalue weighted by Crippen LogP contribution is 2.37. The van der Waals surface area contributed by atoms with E-state index in [-0.39, 0.29) is 27.6 Å². The Hall–Kier alpha value is -3.07. The first kappa shape index (κ1) is 20.2. The van der Waals surface area contributed by atoms with E-state index in [1.54, 1.807) is 6.07 Å². The van der Waals surface area contributed by atoms with Gasteiger partial charge in [0.05, 0.1) is 4.90 Å². The van der Waals surface area contributed by atoms with Crippen molar-refractivity contribution in [3.8, 4) is 23.0 Å². The predicted molar refractivity (Wildman–Crippen MR) is 108 cm³/mol. The van der Waals surface area contributed by atoms with Crippen LogP contribution >= 0.6 is 0 Å². The van der Waals surface area contributed by atoms with Crippen molar-refractivity contribution < 1.29 is 26.7 Å². The van der Waals surface area contributed by atoms with Crippen LogP contribution in [-0.4, -0.2) is 33.2 Å². The van der Waals surface area contributed by atoms with E-state index in [1.165, 1.54) is 36.4 Å². The molecule has 3 aromatic rings. The van der Waals surface area contributed by atoms with Crippen LogP contribution in [-0.2, 0) is 9.84 Å². The maximum atomic E-state index is 13.4. The molecule has 0 fully saturated rings. The van der Waals surface area contributed by atoms with E-state index in [0.717, 1.165) is 0 Å². The molecule has 1 aliphatic heterocycles. The quantitative estimate of drug-likeness (QED) is 0.626. The average Bonchev–Trinajstić information content (AvgIpc) is 3.17. The second-order valence-electron chi connectivity index (χ2n) is 7.24. The van der Waals surface area contributed by atoms with Gasteiger partial charge in [-0.3, -0.25) is 0 Å². The van der Waals surface area contributed by atoms with Crippen molar-refractivity contribution in [2.24, 2.45) is 5.92 Å². The number of benzene rings is 2. The van der Waals surface area contributed by atoms with Gasteiger partial charge in [0.1, 0.15) is 19.0 Å². The average molecular weight is 432 g/mol. The summed E-state index contributed by atoms with van der Waals surface area (Å²) in [5.41, 5.74) is 0.465. The van der Waals surface area contributed by atoms with Gasteiger partial charge in [-0.25, -0.2) is 12.8 Å². The highest BCUT2D eigenvalue weighted by molar-refractivity contribution is 7.91. The van der Waals surface area contributed by atoms with E-state index in [2.05, 4.69) is 10.3 Å². The number of ether oxygens (including phenoxy) is 2. The number of hydrogen-bond acceptors (Lipinski definition) is 7. The standard InChI is InChI=1S/C21H21FN2O5S/c1-13(2)12-23-20-21(24-19(29-20)14-3-5-15(22)6-4-14)30(25,26)16-7-8-17-18(11-16)28-10-9-27-17/h3-8,11,13,23H,9-10,12H2,1-2H3. The van der Waals surface area contributed by atoms with Crippen LogP contribution in [0.1, 0.15) is 13.8 Å². The van der Waals surface area contributed by atoms with Gasteiger partial charge in [0.15, 0.2) is 11.5 Å². The Morgan fingerprint density at radius 2 is 1.77 bits per heavy atom. The summed E-state index contributed by atoms with van der Waals surface area (Å²) in [6.07, 6.45) is 0. The molecule has 1 aromatic heterocycles. The molecule has 1 N–H and O–H groups in total. The molecule has 0 aliphatic carbocycles. The fraction of sp³-hybridized carbons (Fsp3) is 0.286. The molecule has 7 nitrogen and oxygen atoms in total. The van der Waals surface area contributed by atoms with Crippen molar-refractivity contribution in [3.63, 3.8) is 0 Å². The first-order chi connectivity index (χ1) is 14.3. The molecule has 0 spiro atoms. The third-order valence-corrected chi connectivity index (χ3v) is 6.10. The van der Waals surface area contributed by atoms with Crippen LogP contribution < -0.4 is 14.8 Å². The highest BCUT2D eigenvalue weighted by Gasteiger charge is 2.30. The van der Waals surface area contributed by atoms with Gasteiger partial charge in [-0.1, -0.05) is 13.8 Å². The van der Waals surface area contributed by atoms with Crippen molar-refractivity contribution in [2.45, 2.75) is 23.8 Å². The Bertz CT molecular complexity index is 1160. The summed E-state index contributed by atoms with van der Waals surface area (Å²) >= 11 is 0. The Balaban J connectivity index is 1.78. The first-order valence-electron chi connectivity index (χ1n) is 9.50. The van der Waals surface area contributed by atoms with Gasteiger partial charge in [0.25, 0.3) is 0 Å². The van der Waals surface area contributed by atoms with E-state index in [1.807, 2.05) is 13.8 Å². The number of anilines is 1. The number of sulfone groups is 1. The van der Waals surface area contributed by atoms with E-state index in [4.69, 9.17) is 13.9 Å².